The Bertz CT molecular complexity index is 392. The molecule has 0 fully saturated rings. The highest BCUT2D eigenvalue weighted by Gasteiger charge is 2.24. The number of rotatable bonds is 6. The zero-order valence-electron chi connectivity index (χ0n) is 11.0. The summed E-state index contributed by atoms with van der Waals surface area (Å²) in [6.07, 6.45) is 0.856. The molecule has 1 heterocycles. The van der Waals surface area contributed by atoms with Crippen LogP contribution in [0.1, 0.15) is 18.7 Å². The number of carbonyl (C=O) groups is 1. The van der Waals surface area contributed by atoms with Crippen LogP contribution in [-0.2, 0) is 11.2 Å². The van der Waals surface area contributed by atoms with Crippen molar-refractivity contribution in [3.05, 3.63) is 20.8 Å². The normalized spacial score (nSPS) is 12.8. The Morgan fingerprint density at radius 3 is 2.67 bits per heavy atom. The van der Waals surface area contributed by atoms with E-state index in [0.717, 1.165) is 10.9 Å². The lowest BCUT2D eigenvalue weighted by molar-refractivity contribution is -0.137. The summed E-state index contributed by atoms with van der Waals surface area (Å²) in [5.41, 5.74) is 0. The smallest absolute Gasteiger partial charge is 0.228 e. The number of likely N-dealkylation sites (N-methyl/N-ethyl adjacent to an activating group) is 1. The van der Waals surface area contributed by atoms with Gasteiger partial charge < -0.3 is 10.0 Å². The van der Waals surface area contributed by atoms with Crippen molar-refractivity contribution in [3.63, 3.8) is 0 Å². The molecule has 1 amide bonds. The molecule has 0 aliphatic carbocycles. The first kappa shape index (κ1) is 15.7. The Morgan fingerprint density at radius 2 is 2.22 bits per heavy atom. The summed E-state index contributed by atoms with van der Waals surface area (Å²) in [4.78, 5) is 15.1. The van der Waals surface area contributed by atoms with E-state index in [1.54, 1.807) is 23.3 Å². The molecule has 1 aromatic heterocycles. The predicted molar refractivity (Wildman–Crippen MR) is 78.8 cm³/mol. The van der Waals surface area contributed by atoms with Crippen molar-refractivity contribution in [1.82, 2.24) is 4.90 Å². The van der Waals surface area contributed by atoms with Crippen molar-refractivity contribution in [2.24, 2.45) is 11.8 Å². The van der Waals surface area contributed by atoms with Crippen LogP contribution < -0.4 is 0 Å². The van der Waals surface area contributed by atoms with Gasteiger partial charge >= 0.3 is 0 Å². The summed E-state index contributed by atoms with van der Waals surface area (Å²) in [6, 6.07) is 2.08. The molecule has 1 rings (SSSR count). The van der Waals surface area contributed by atoms with Crippen molar-refractivity contribution < 1.29 is 9.90 Å². The fourth-order valence-corrected chi connectivity index (χ4v) is 3.17. The monoisotopic (exact) mass is 333 g/mol. The number of hydrogen-bond donors (Lipinski definition) is 1. The van der Waals surface area contributed by atoms with Crippen LogP contribution in [0.2, 0.25) is 0 Å². The largest absolute Gasteiger partial charge is 0.396 e. The first-order valence-electron chi connectivity index (χ1n) is 6.04. The molecule has 0 spiro atoms. The minimum absolute atomic E-state index is 0.0307. The summed E-state index contributed by atoms with van der Waals surface area (Å²) in [7, 11) is 1.80. The fourth-order valence-electron chi connectivity index (χ4n) is 1.73. The number of aliphatic hydroxyl groups excluding tert-OH is 1. The summed E-state index contributed by atoms with van der Waals surface area (Å²) >= 11 is 5.11. The fraction of sp³-hybridized carbons (Fsp3) is 0.615. The lowest BCUT2D eigenvalue weighted by atomic mass is 9.95. The van der Waals surface area contributed by atoms with E-state index in [4.69, 9.17) is 0 Å². The molecule has 0 aromatic carbocycles. The summed E-state index contributed by atoms with van der Waals surface area (Å²) in [6.45, 7) is 4.53. The Labute approximate surface area is 121 Å². The van der Waals surface area contributed by atoms with E-state index in [1.807, 2.05) is 19.2 Å². The molecule has 102 valence electrons. The van der Waals surface area contributed by atoms with Crippen LogP contribution in [0.15, 0.2) is 15.9 Å². The maximum atomic E-state index is 12.1. The average Bonchev–Trinajstić information content (AvgIpc) is 2.72. The number of halogens is 1. The highest BCUT2D eigenvalue weighted by Crippen LogP contribution is 2.20. The molecular formula is C13H20BrNO2S. The Hall–Kier alpha value is -0.390. The number of amides is 1. The van der Waals surface area contributed by atoms with Crippen LogP contribution >= 0.6 is 27.3 Å². The van der Waals surface area contributed by atoms with Crippen LogP contribution in [0.5, 0.6) is 0 Å². The zero-order valence-corrected chi connectivity index (χ0v) is 13.4. The Morgan fingerprint density at radius 1 is 1.56 bits per heavy atom. The van der Waals surface area contributed by atoms with Crippen molar-refractivity contribution in [1.29, 1.82) is 0 Å². The topological polar surface area (TPSA) is 40.5 Å². The van der Waals surface area contributed by atoms with Gasteiger partial charge in [-0.2, -0.15) is 0 Å². The highest BCUT2D eigenvalue weighted by molar-refractivity contribution is 9.10. The van der Waals surface area contributed by atoms with Crippen molar-refractivity contribution in [3.8, 4) is 0 Å². The van der Waals surface area contributed by atoms with E-state index in [2.05, 4.69) is 22.0 Å². The van der Waals surface area contributed by atoms with E-state index in [9.17, 15) is 9.90 Å². The van der Waals surface area contributed by atoms with Crippen LogP contribution in [-0.4, -0.2) is 36.1 Å². The second kappa shape index (κ2) is 7.26. The van der Waals surface area contributed by atoms with E-state index >= 15 is 0 Å². The van der Waals surface area contributed by atoms with Gasteiger partial charge in [0.1, 0.15) is 0 Å². The second-order valence-corrected chi connectivity index (χ2v) is 6.69. The maximum absolute atomic E-state index is 12.1. The van der Waals surface area contributed by atoms with Gasteiger partial charge in [-0.3, -0.25) is 4.79 Å². The molecule has 5 heteroatoms. The van der Waals surface area contributed by atoms with Gasteiger partial charge in [0, 0.05) is 28.3 Å². The van der Waals surface area contributed by atoms with Crippen LogP contribution in [0.4, 0.5) is 0 Å². The van der Waals surface area contributed by atoms with E-state index in [0.29, 0.717) is 6.54 Å². The third-order valence-electron chi connectivity index (χ3n) is 3.01. The summed E-state index contributed by atoms with van der Waals surface area (Å²) in [5, 5.41) is 11.3. The van der Waals surface area contributed by atoms with E-state index < -0.39 is 0 Å². The van der Waals surface area contributed by atoms with Crippen molar-refractivity contribution in [2.75, 3.05) is 20.2 Å². The van der Waals surface area contributed by atoms with Gasteiger partial charge in [0.25, 0.3) is 0 Å². The number of carbonyl (C=O) groups excluding carboxylic acids is 1. The molecule has 0 radical (unpaired) electrons. The number of nitrogens with zero attached hydrogens (tertiary/aromatic N) is 1. The lowest BCUT2D eigenvalue weighted by Crippen LogP contribution is -2.38. The minimum Gasteiger partial charge on any atom is -0.396 e. The van der Waals surface area contributed by atoms with E-state index in [1.165, 1.54) is 4.88 Å². The Kier molecular flexibility index (Phi) is 6.32. The van der Waals surface area contributed by atoms with Gasteiger partial charge in [0.15, 0.2) is 0 Å². The molecule has 0 saturated heterocycles. The van der Waals surface area contributed by atoms with Crippen LogP contribution in [0.3, 0.4) is 0 Å². The third kappa shape index (κ3) is 4.37. The molecule has 1 atom stereocenters. The lowest BCUT2D eigenvalue weighted by Gasteiger charge is -2.24. The molecule has 1 unspecified atom stereocenters. The van der Waals surface area contributed by atoms with Gasteiger partial charge in [-0.25, -0.2) is 0 Å². The first-order chi connectivity index (χ1) is 8.45. The minimum atomic E-state index is -0.287. The zero-order chi connectivity index (χ0) is 13.7. The predicted octanol–water partition coefficient (Wildman–Crippen LogP) is 2.78. The molecule has 0 bridgehead atoms. The number of aliphatic hydroxyl groups is 1. The van der Waals surface area contributed by atoms with Crippen LogP contribution in [0.25, 0.3) is 0 Å². The van der Waals surface area contributed by atoms with Gasteiger partial charge in [0.2, 0.25) is 5.91 Å². The molecule has 0 aliphatic heterocycles. The quantitative estimate of drug-likeness (QED) is 0.869. The van der Waals surface area contributed by atoms with Crippen molar-refractivity contribution in [2.45, 2.75) is 20.3 Å². The summed E-state index contributed by atoms with van der Waals surface area (Å²) in [5.74, 6) is -0.0889. The highest BCUT2D eigenvalue weighted by atomic mass is 79.9. The molecule has 3 nitrogen and oxygen atoms in total. The third-order valence-corrected chi connectivity index (χ3v) is 4.77. The van der Waals surface area contributed by atoms with Crippen molar-refractivity contribution >= 4 is 33.2 Å². The van der Waals surface area contributed by atoms with Crippen LogP contribution in [0, 0.1) is 11.8 Å². The van der Waals surface area contributed by atoms with Gasteiger partial charge in [-0.05, 0) is 34.3 Å². The molecule has 0 saturated carbocycles. The number of thiophene rings is 1. The first-order valence-corrected chi connectivity index (χ1v) is 7.71. The van der Waals surface area contributed by atoms with E-state index in [-0.39, 0.29) is 24.3 Å². The molecule has 1 N–H and O–H groups in total. The van der Waals surface area contributed by atoms with Gasteiger partial charge in [0.05, 0.1) is 12.5 Å². The molecule has 1 aromatic rings. The molecule has 18 heavy (non-hydrogen) atoms. The second-order valence-electron chi connectivity index (χ2n) is 4.77. The maximum Gasteiger partial charge on any atom is 0.228 e. The van der Waals surface area contributed by atoms with Gasteiger partial charge in [-0.15, -0.1) is 11.3 Å². The standard InChI is InChI=1S/C13H20BrNO2S/c1-9(2)12(7-16)13(17)15(3)5-4-11-6-10(14)8-18-11/h6,8-9,12,16H,4-5,7H2,1-3H3. The van der Waals surface area contributed by atoms with Gasteiger partial charge in [-0.1, -0.05) is 13.8 Å². The molecular weight excluding hydrogens is 314 g/mol. The summed E-state index contributed by atoms with van der Waals surface area (Å²) < 4.78 is 1.09. The molecule has 0 aliphatic rings. The number of hydrogen-bond acceptors (Lipinski definition) is 3. The average molecular weight is 334 g/mol. The SMILES string of the molecule is CC(C)C(CO)C(=O)N(C)CCc1cc(Br)cs1. The Balaban J connectivity index is 2.49.